The maximum absolute atomic E-state index is 13.8. The molecule has 2 aliphatic heterocycles. The van der Waals surface area contributed by atoms with Gasteiger partial charge < -0.3 is 19.4 Å². The minimum absolute atomic E-state index is 0.180. The van der Waals surface area contributed by atoms with E-state index < -0.39 is 0 Å². The Balaban J connectivity index is 0.000000194. The lowest BCUT2D eigenvalue weighted by Gasteiger charge is -2.31. The number of hydrogen-bond acceptors (Lipinski definition) is 7. The van der Waals surface area contributed by atoms with Crippen LogP contribution in [0.2, 0.25) is 0 Å². The summed E-state index contributed by atoms with van der Waals surface area (Å²) in [7, 11) is 2.10. The normalized spacial score (nSPS) is 15.5. The third kappa shape index (κ3) is 10.0. The van der Waals surface area contributed by atoms with Gasteiger partial charge in [-0.05, 0) is 100 Å². The number of H-pyrrole nitrogens is 1. The van der Waals surface area contributed by atoms with Crippen molar-refractivity contribution in [1.29, 1.82) is 0 Å². The van der Waals surface area contributed by atoms with Gasteiger partial charge in [0, 0.05) is 72.6 Å². The smallest absolute Gasteiger partial charge is 0.213 e. The number of nitrogens with zero attached hydrogens (tertiary/aromatic N) is 5. The molecule has 2 saturated heterocycles. The number of pyridine rings is 1. The molecule has 1 amide bonds. The van der Waals surface area contributed by atoms with Gasteiger partial charge in [-0.2, -0.15) is 5.10 Å². The van der Waals surface area contributed by atoms with E-state index in [1.807, 2.05) is 36.4 Å². The molecular weight excluding hydrogens is 705 g/mol. The van der Waals surface area contributed by atoms with Crippen LogP contribution in [0.3, 0.4) is 0 Å². The maximum atomic E-state index is 13.8. The molecule has 3 aliphatic rings. The summed E-state index contributed by atoms with van der Waals surface area (Å²) in [5.41, 5.74) is 8.07. The van der Waals surface area contributed by atoms with Crippen molar-refractivity contribution >= 4 is 45.6 Å². The molecule has 9 rings (SSSR count). The van der Waals surface area contributed by atoms with Gasteiger partial charge in [0.15, 0.2) is 0 Å². The number of piperidine rings is 1. The molecule has 12 heteroatoms. The van der Waals surface area contributed by atoms with E-state index in [0.717, 1.165) is 79.3 Å². The molecule has 0 spiro atoms. The van der Waals surface area contributed by atoms with Crippen LogP contribution in [0.4, 0.5) is 10.1 Å². The molecule has 2 N–H and O–H groups in total. The van der Waals surface area contributed by atoms with E-state index in [9.17, 15) is 9.18 Å². The average Bonchev–Trinajstić information content (AvgIpc) is 3.86. The molecule has 0 radical (unpaired) electrons. The Morgan fingerprint density at radius 2 is 1.70 bits per heavy atom. The Labute approximate surface area is 321 Å². The van der Waals surface area contributed by atoms with Crippen LogP contribution in [0, 0.1) is 12.7 Å². The van der Waals surface area contributed by atoms with E-state index in [1.165, 1.54) is 48.5 Å². The number of likely N-dealkylation sites (tertiary alicyclic amines) is 1. The van der Waals surface area contributed by atoms with Crippen LogP contribution >= 0.6 is 11.6 Å². The minimum Gasteiger partial charge on any atom is -0.473 e. The predicted molar refractivity (Wildman–Crippen MR) is 213 cm³/mol. The van der Waals surface area contributed by atoms with Crippen LogP contribution in [0.5, 0.6) is 5.88 Å². The summed E-state index contributed by atoms with van der Waals surface area (Å²) >= 11 is 4.64. The Kier molecular flexibility index (Phi) is 13.6. The summed E-state index contributed by atoms with van der Waals surface area (Å²) < 4.78 is 26.6. The van der Waals surface area contributed by atoms with Crippen LogP contribution in [-0.2, 0) is 29.7 Å². The lowest BCUT2D eigenvalue weighted by molar-refractivity contribution is -0.105. The molecule has 3 aromatic carbocycles. The van der Waals surface area contributed by atoms with Gasteiger partial charge in [0.05, 0.1) is 23.1 Å². The van der Waals surface area contributed by atoms with Crippen molar-refractivity contribution in [2.75, 3.05) is 38.0 Å². The molecule has 10 nitrogen and oxygen atoms in total. The number of anilines is 1. The predicted octanol–water partition coefficient (Wildman–Crippen LogP) is 8.64. The number of carbonyl (C=O) groups excluding carboxylic acids is 1. The van der Waals surface area contributed by atoms with Gasteiger partial charge in [-0.1, -0.05) is 30.3 Å². The second-order valence-electron chi connectivity index (χ2n) is 13.8. The zero-order valence-electron chi connectivity index (χ0n) is 31.2. The third-order valence-electron chi connectivity index (χ3n) is 9.95. The van der Waals surface area contributed by atoms with Crippen LogP contribution in [-0.4, -0.2) is 68.7 Å². The number of alkyl halides is 1. The van der Waals surface area contributed by atoms with Crippen LogP contribution in [0.25, 0.3) is 21.9 Å². The number of aromatic nitrogens is 5. The fourth-order valence-corrected chi connectivity index (χ4v) is 6.61. The molecule has 0 bridgehead atoms. The van der Waals surface area contributed by atoms with Crippen molar-refractivity contribution < 1.29 is 18.7 Å². The minimum atomic E-state index is -0.253. The first-order valence-corrected chi connectivity index (χ1v) is 19.3. The number of amides is 1. The highest BCUT2D eigenvalue weighted by Gasteiger charge is 2.27. The molecule has 3 aromatic heterocycles. The van der Waals surface area contributed by atoms with Gasteiger partial charge in [-0.25, -0.2) is 14.4 Å². The van der Waals surface area contributed by atoms with E-state index >= 15 is 0 Å². The molecule has 5 heterocycles. The summed E-state index contributed by atoms with van der Waals surface area (Å²) in [4.78, 5) is 22.4. The number of carbonyl (C=O) groups is 1. The highest BCUT2D eigenvalue weighted by molar-refractivity contribution is 6.15. The number of imidazole rings is 1. The molecular formula is C42H49ClFN7O3. The number of nitrogens with one attached hydrogen (secondary N) is 2. The van der Waals surface area contributed by atoms with Gasteiger partial charge in [0.1, 0.15) is 18.2 Å². The largest absolute Gasteiger partial charge is 0.473 e. The number of rotatable bonds is 9. The van der Waals surface area contributed by atoms with Crippen LogP contribution in [0.1, 0.15) is 72.3 Å². The highest BCUT2D eigenvalue weighted by Crippen LogP contribution is 2.42. The van der Waals surface area contributed by atoms with Gasteiger partial charge in [0.25, 0.3) is 0 Å². The molecule has 1 saturated carbocycles. The fourth-order valence-electron chi connectivity index (χ4n) is 6.61. The molecule has 54 heavy (non-hydrogen) atoms. The van der Waals surface area contributed by atoms with Crippen LogP contribution in [0.15, 0.2) is 78.9 Å². The van der Waals surface area contributed by atoms with Crippen molar-refractivity contribution in [3.8, 4) is 5.88 Å². The maximum Gasteiger partial charge on any atom is 0.213 e. The molecule has 0 unspecified atom stereocenters. The summed E-state index contributed by atoms with van der Waals surface area (Å²) in [6.07, 6.45) is 8.02. The summed E-state index contributed by atoms with van der Waals surface area (Å²) in [5, 5.41) is 11.1. The second-order valence-corrected chi connectivity index (χ2v) is 13.8. The van der Waals surface area contributed by atoms with Gasteiger partial charge >= 0.3 is 0 Å². The summed E-state index contributed by atoms with van der Waals surface area (Å²) in [6.45, 7) is 7.16. The zero-order valence-corrected chi connectivity index (χ0v) is 32.0. The quantitative estimate of drug-likeness (QED) is 0.112. The second kappa shape index (κ2) is 19.0. The monoisotopic (exact) mass is 753 g/mol. The third-order valence-corrected chi connectivity index (χ3v) is 9.95. The number of benzene rings is 3. The lowest BCUT2D eigenvalue weighted by Crippen LogP contribution is -2.33. The van der Waals surface area contributed by atoms with Gasteiger partial charge in [-0.3, -0.25) is 14.8 Å². The number of aromatic amines is 1. The van der Waals surface area contributed by atoms with Crippen molar-refractivity contribution in [2.45, 2.75) is 64.0 Å². The van der Waals surface area contributed by atoms with Crippen molar-refractivity contribution in [3.63, 3.8) is 0 Å². The molecule has 6 aromatic rings. The number of aryl methyl sites for hydroxylation is 2. The number of hydrogen-bond donors (Lipinski definition) is 2. The Bertz CT molecular complexity index is 2120. The van der Waals surface area contributed by atoms with Gasteiger partial charge in [0.2, 0.25) is 12.3 Å². The highest BCUT2D eigenvalue weighted by atomic mass is 35.5. The first-order chi connectivity index (χ1) is 26.4. The van der Waals surface area contributed by atoms with Crippen LogP contribution < -0.4 is 10.1 Å². The van der Waals surface area contributed by atoms with E-state index in [2.05, 4.69) is 74.8 Å². The van der Waals surface area contributed by atoms with Crippen molar-refractivity contribution in [2.24, 2.45) is 7.05 Å². The first kappa shape index (κ1) is 38.9. The molecule has 0 atom stereocenters. The first-order valence-electron chi connectivity index (χ1n) is 18.6. The van der Waals surface area contributed by atoms with E-state index in [0.29, 0.717) is 29.7 Å². The fraction of sp³-hybridized carbons (Fsp3) is 0.381. The summed E-state index contributed by atoms with van der Waals surface area (Å²) in [5.74, 6) is 2.45. The topological polar surface area (TPSA) is 110 Å². The lowest BCUT2D eigenvalue weighted by atomic mass is 9.93. The van der Waals surface area contributed by atoms with E-state index in [-0.39, 0.29) is 12.4 Å². The molecule has 3 fully saturated rings. The number of halogens is 2. The Morgan fingerprint density at radius 3 is 2.41 bits per heavy atom. The van der Waals surface area contributed by atoms with E-state index in [1.54, 1.807) is 12.1 Å². The SMILES string of the molecule is C1COC1.CCl.Cc1ccc2c(c1)nc(CN1CCC(c3cccc(OCc4ccccc4F)n3)CC1)n2C.O=CNc1ccc2n[nH]c(C3CC3)c2c1. The summed E-state index contributed by atoms with van der Waals surface area (Å²) in [6, 6.07) is 24.8. The zero-order chi connectivity index (χ0) is 37.9. The van der Waals surface area contributed by atoms with E-state index in [4.69, 9.17) is 19.4 Å². The average molecular weight is 754 g/mol. The molecule has 1 aliphatic carbocycles. The standard InChI is InChI=1S/C27H29FN4O.C11H11N3O.C3H6O.CH3Cl/c1-19-10-11-25-24(16-19)29-26(31(25)2)17-32-14-12-20(13-15-32)23-8-5-9-27(30-23)33-18-21-6-3-4-7-22(21)28;15-6-12-8-3-4-10-9(5-8)11(14-13-10)7-1-2-7;1-2-4-3-1;1-2/h3-11,16,20H,12-15,17-18H2,1-2H3;3-7H,1-2H2,(H,12,15)(H,13,14);1-3H2;1H3. The number of fused-ring (bicyclic) bond motifs is 2. The van der Waals surface area contributed by atoms with Crippen molar-refractivity contribution in [1.82, 2.24) is 29.6 Å². The Hall–Kier alpha value is -4.84. The van der Waals surface area contributed by atoms with Gasteiger partial charge in [-0.15, -0.1) is 11.6 Å². The Morgan fingerprint density at radius 1 is 0.944 bits per heavy atom. The van der Waals surface area contributed by atoms with Crippen molar-refractivity contribution in [3.05, 3.63) is 113 Å². The molecule has 284 valence electrons. The number of ether oxygens (including phenoxy) is 2.